The van der Waals surface area contributed by atoms with Gasteiger partial charge >= 0.3 is 5.97 Å². The second-order valence-corrected chi connectivity index (χ2v) is 5.20. The Morgan fingerprint density at radius 2 is 1.95 bits per heavy atom. The van der Waals surface area contributed by atoms with Gasteiger partial charge in [0.15, 0.2) is 0 Å². The van der Waals surface area contributed by atoms with Crippen molar-refractivity contribution < 1.29 is 13.9 Å². The fourth-order valence-corrected chi connectivity index (χ4v) is 2.36. The first-order chi connectivity index (χ1) is 9.66. The highest BCUT2D eigenvalue weighted by molar-refractivity contribution is 7.99. The van der Waals surface area contributed by atoms with Gasteiger partial charge in [0.25, 0.3) is 0 Å². The molecule has 0 aliphatic rings. The van der Waals surface area contributed by atoms with Crippen LogP contribution in [0.1, 0.15) is 10.4 Å². The molecule has 0 amide bonds. The lowest BCUT2D eigenvalue weighted by atomic mass is 10.2. The van der Waals surface area contributed by atoms with Crippen molar-refractivity contribution >= 4 is 23.4 Å². The van der Waals surface area contributed by atoms with Gasteiger partial charge in [0.2, 0.25) is 0 Å². The Bertz CT molecular complexity index is 590. The van der Waals surface area contributed by atoms with E-state index in [4.69, 9.17) is 10.5 Å². The number of anilines is 1. The summed E-state index contributed by atoms with van der Waals surface area (Å²) in [7, 11) is 0. The molecule has 2 rings (SSSR count). The number of nitrogen functional groups attached to an aromatic ring is 1. The summed E-state index contributed by atoms with van der Waals surface area (Å²) in [5.74, 6) is -0.355. The van der Waals surface area contributed by atoms with Gasteiger partial charge in [0.05, 0.1) is 5.56 Å². The van der Waals surface area contributed by atoms with Gasteiger partial charge in [-0.3, -0.25) is 0 Å². The van der Waals surface area contributed by atoms with E-state index in [0.29, 0.717) is 5.75 Å². The molecule has 0 atom stereocenters. The van der Waals surface area contributed by atoms with E-state index in [9.17, 15) is 9.18 Å². The van der Waals surface area contributed by atoms with Crippen LogP contribution in [0.15, 0.2) is 53.4 Å². The minimum absolute atomic E-state index is 0.0886. The van der Waals surface area contributed by atoms with E-state index in [1.807, 2.05) is 30.3 Å². The molecule has 2 aromatic rings. The first-order valence-electron chi connectivity index (χ1n) is 6.07. The molecule has 0 fully saturated rings. The van der Waals surface area contributed by atoms with E-state index >= 15 is 0 Å². The molecular weight excluding hydrogens is 277 g/mol. The van der Waals surface area contributed by atoms with Gasteiger partial charge in [-0.25, -0.2) is 9.18 Å². The van der Waals surface area contributed by atoms with E-state index in [1.165, 1.54) is 12.1 Å². The van der Waals surface area contributed by atoms with Crippen LogP contribution in [-0.2, 0) is 4.74 Å². The normalized spacial score (nSPS) is 10.2. The molecule has 0 heterocycles. The molecule has 3 nitrogen and oxygen atoms in total. The number of rotatable bonds is 5. The van der Waals surface area contributed by atoms with Crippen molar-refractivity contribution in [1.29, 1.82) is 0 Å². The zero-order valence-corrected chi connectivity index (χ0v) is 11.5. The quantitative estimate of drug-likeness (QED) is 0.397. The maximum atomic E-state index is 12.9. The predicted octanol–water partition coefficient (Wildman–Crippen LogP) is 3.36. The van der Waals surface area contributed by atoms with Gasteiger partial charge in [0.1, 0.15) is 12.4 Å². The number of carbonyl (C=O) groups is 1. The zero-order chi connectivity index (χ0) is 14.4. The molecule has 0 bridgehead atoms. The van der Waals surface area contributed by atoms with Crippen LogP contribution in [0.5, 0.6) is 0 Å². The first kappa shape index (κ1) is 14.4. The first-order valence-corrected chi connectivity index (χ1v) is 7.05. The lowest BCUT2D eigenvalue weighted by molar-refractivity contribution is 0.0531. The fraction of sp³-hybridized carbons (Fsp3) is 0.133. The number of hydrogen-bond donors (Lipinski definition) is 1. The number of nitrogens with two attached hydrogens (primary N) is 1. The lowest BCUT2D eigenvalue weighted by Gasteiger charge is -2.07. The molecule has 0 spiro atoms. The van der Waals surface area contributed by atoms with Gasteiger partial charge in [-0.1, -0.05) is 18.2 Å². The summed E-state index contributed by atoms with van der Waals surface area (Å²) in [6.45, 7) is 0.273. The van der Waals surface area contributed by atoms with E-state index < -0.39 is 11.8 Å². The van der Waals surface area contributed by atoms with Gasteiger partial charge in [0, 0.05) is 16.3 Å². The number of hydrogen-bond acceptors (Lipinski definition) is 4. The third kappa shape index (κ3) is 3.99. The van der Waals surface area contributed by atoms with Crippen LogP contribution in [-0.4, -0.2) is 18.3 Å². The topological polar surface area (TPSA) is 52.3 Å². The highest BCUT2D eigenvalue weighted by atomic mass is 32.2. The number of carbonyl (C=O) groups excluding carboxylic acids is 1. The number of halogens is 1. The van der Waals surface area contributed by atoms with Crippen LogP contribution < -0.4 is 5.73 Å². The Hall–Kier alpha value is -2.01. The van der Waals surface area contributed by atoms with Crippen LogP contribution >= 0.6 is 11.8 Å². The standard InChI is InChI=1S/C15H14FNO2S/c16-11-6-7-13(14(17)10-11)15(18)19-8-9-20-12-4-2-1-3-5-12/h1-7,10H,8-9,17H2. The maximum absolute atomic E-state index is 12.9. The highest BCUT2D eigenvalue weighted by Crippen LogP contribution is 2.18. The second-order valence-electron chi connectivity index (χ2n) is 4.03. The Morgan fingerprint density at radius 1 is 1.20 bits per heavy atom. The van der Waals surface area contributed by atoms with E-state index in [-0.39, 0.29) is 17.9 Å². The van der Waals surface area contributed by atoms with Gasteiger partial charge in [-0.05, 0) is 30.3 Å². The predicted molar refractivity (Wildman–Crippen MR) is 78.3 cm³/mol. The van der Waals surface area contributed by atoms with Crippen molar-refractivity contribution in [2.75, 3.05) is 18.1 Å². The average Bonchev–Trinajstić information content (AvgIpc) is 2.44. The van der Waals surface area contributed by atoms with Gasteiger partial charge < -0.3 is 10.5 Å². The molecule has 5 heteroatoms. The Kier molecular flexibility index (Phi) is 5.01. The highest BCUT2D eigenvalue weighted by Gasteiger charge is 2.11. The fourth-order valence-electron chi connectivity index (χ4n) is 1.61. The largest absolute Gasteiger partial charge is 0.461 e. The molecule has 0 aliphatic carbocycles. The van der Waals surface area contributed by atoms with Crippen LogP contribution in [0.4, 0.5) is 10.1 Å². The smallest absolute Gasteiger partial charge is 0.340 e. The van der Waals surface area contributed by atoms with Crippen molar-refractivity contribution in [2.24, 2.45) is 0 Å². The van der Waals surface area contributed by atoms with Crippen molar-refractivity contribution in [3.63, 3.8) is 0 Å². The summed E-state index contributed by atoms with van der Waals surface area (Å²) in [5.41, 5.74) is 5.85. The Morgan fingerprint density at radius 3 is 2.65 bits per heavy atom. The third-order valence-electron chi connectivity index (χ3n) is 2.56. The molecule has 0 saturated carbocycles. The van der Waals surface area contributed by atoms with E-state index in [2.05, 4.69) is 0 Å². The second kappa shape index (κ2) is 6.96. The summed E-state index contributed by atoms with van der Waals surface area (Å²) >= 11 is 1.60. The Balaban J connectivity index is 1.80. The molecule has 2 aromatic carbocycles. The summed E-state index contributed by atoms with van der Waals surface area (Å²) in [4.78, 5) is 12.9. The summed E-state index contributed by atoms with van der Waals surface area (Å²) in [6.07, 6.45) is 0. The van der Waals surface area contributed by atoms with Crippen molar-refractivity contribution in [2.45, 2.75) is 4.90 Å². The molecule has 20 heavy (non-hydrogen) atoms. The Labute approximate surface area is 120 Å². The minimum Gasteiger partial charge on any atom is -0.461 e. The number of thioether (sulfide) groups is 1. The zero-order valence-electron chi connectivity index (χ0n) is 10.7. The molecule has 0 aromatic heterocycles. The monoisotopic (exact) mass is 291 g/mol. The lowest BCUT2D eigenvalue weighted by Crippen LogP contribution is -2.10. The third-order valence-corrected chi connectivity index (χ3v) is 3.54. The molecule has 2 N–H and O–H groups in total. The molecule has 0 saturated heterocycles. The minimum atomic E-state index is -0.531. The molecule has 0 aliphatic heterocycles. The van der Waals surface area contributed by atoms with Gasteiger partial charge in [-0.15, -0.1) is 11.8 Å². The maximum Gasteiger partial charge on any atom is 0.340 e. The molecular formula is C15H14FNO2S. The van der Waals surface area contributed by atoms with Crippen LogP contribution in [0.3, 0.4) is 0 Å². The molecule has 0 unspecified atom stereocenters. The summed E-state index contributed by atoms with van der Waals surface area (Å²) < 4.78 is 18.0. The van der Waals surface area contributed by atoms with Crippen molar-refractivity contribution in [3.05, 3.63) is 59.9 Å². The molecule has 0 radical (unpaired) electrons. The summed E-state index contributed by atoms with van der Waals surface area (Å²) in [6, 6.07) is 13.5. The van der Waals surface area contributed by atoms with Gasteiger partial charge in [-0.2, -0.15) is 0 Å². The van der Waals surface area contributed by atoms with Crippen LogP contribution in [0.2, 0.25) is 0 Å². The molecule has 104 valence electrons. The SMILES string of the molecule is Nc1cc(F)ccc1C(=O)OCCSc1ccccc1. The average molecular weight is 291 g/mol. The van der Waals surface area contributed by atoms with E-state index in [1.54, 1.807) is 11.8 Å². The van der Waals surface area contributed by atoms with Crippen molar-refractivity contribution in [3.8, 4) is 0 Å². The summed E-state index contributed by atoms with van der Waals surface area (Å²) in [5, 5.41) is 0. The van der Waals surface area contributed by atoms with Crippen LogP contribution in [0.25, 0.3) is 0 Å². The number of esters is 1. The van der Waals surface area contributed by atoms with Crippen LogP contribution in [0, 0.1) is 5.82 Å². The van der Waals surface area contributed by atoms with E-state index in [0.717, 1.165) is 11.0 Å². The number of benzene rings is 2. The number of ether oxygens (including phenoxy) is 1. The van der Waals surface area contributed by atoms with Crippen molar-refractivity contribution in [1.82, 2.24) is 0 Å².